The van der Waals surface area contributed by atoms with E-state index in [0.717, 1.165) is 31.9 Å². The molecule has 1 amide bonds. The number of hydrogen-bond acceptors (Lipinski definition) is 4. The summed E-state index contributed by atoms with van der Waals surface area (Å²) in [5, 5.41) is 2.83. The van der Waals surface area contributed by atoms with Gasteiger partial charge in [-0.15, -0.1) is 0 Å². The van der Waals surface area contributed by atoms with Crippen molar-refractivity contribution < 1.29 is 13.2 Å². The van der Waals surface area contributed by atoms with Gasteiger partial charge >= 0.3 is 0 Å². The largest absolute Gasteiger partial charge is 0.327 e. The molecule has 0 radical (unpaired) electrons. The fourth-order valence-corrected chi connectivity index (χ4v) is 3.34. The molecule has 4 N–H and O–H groups in total. The van der Waals surface area contributed by atoms with Crippen LogP contribution >= 0.6 is 0 Å². The molecule has 0 saturated heterocycles. The lowest BCUT2D eigenvalue weighted by atomic mass is 9.83. The second-order valence-electron chi connectivity index (χ2n) is 5.91. The standard InChI is InChI=1S/C15H23N3O3S/c1-22(20,21)18-13-8-6-12(7-9-13)17-15(19)10-11-4-2-3-5-14(11)16/h6-9,11,14,18H,2-5,10,16H2,1H3,(H,17,19). The maximum atomic E-state index is 12.1. The predicted octanol–water partition coefficient (Wildman–Crippen LogP) is 1.90. The van der Waals surface area contributed by atoms with E-state index < -0.39 is 10.0 Å². The van der Waals surface area contributed by atoms with Crippen LogP contribution in [0.1, 0.15) is 32.1 Å². The zero-order valence-electron chi connectivity index (χ0n) is 12.7. The summed E-state index contributed by atoms with van der Waals surface area (Å²) in [4.78, 5) is 12.1. The highest BCUT2D eigenvalue weighted by Gasteiger charge is 2.24. The second-order valence-corrected chi connectivity index (χ2v) is 7.66. The van der Waals surface area contributed by atoms with E-state index in [1.165, 1.54) is 0 Å². The van der Waals surface area contributed by atoms with Crippen LogP contribution in [0.3, 0.4) is 0 Å². The Kier molecular flexibility index (Phi) is 5.42. The number of sulfonamides is 1. The molecule has 1 aliphatic rings. The molecule has 1 fully saturated rings. The van der Waals surface area contributed by atoms with E-state index in [1.54, 1.807) is 24.3 Å². The molecule has 0 aromatic heterocycles. The molecule has 22 heavy (non-hydrogen) atoms. The first-order valence-corrected chi connectivity index (χ1v) is 9.36. The van der Waals surface area contributed by atoms with Crippen molar-refractivity contribution >= 4 is 27.3 Å². The van der Waals surface area contributed by atoms with Crippen LogP contribution in [0.2, 0.25) is 0 Å². The van der Waals surface area contributed by atoms with Crippen LogP contribution in [-0.2, 0) is 14.8 Å². The number of nitrogens with one attached hydrogen (secondary N) is 2. The average molecular weight is 325 g/mol. The first-order valence-electron chi connectivity index (χ1n) is 7.47. The summed E-state index contributed by atoms with van der Waals surface area (Å²) in [5.41, 5.74) is 7.17. The molecule has 1 aliphatic carbocycles. The van der Waals surface area contributed by atoms with Gasteiger partial charge in [-0.25, -0.2) is 8.42 Å². The quantitative estimate of drug-likeness (QED) is 0.769. The smallest absolute Gasteiger partial charge is 0.229 e. The third-order valence-electron chi connectivity index (χ3n) is 3.89. The monoisotopic (exact) mass is 325 g/mol. The topological polar surface area (TPSA) is 101 Å². The molecule has 6 nitrogen and oxygen atoms in total. The second kappa shape index (κ2) is 7.11. The van der Waals surface area contributed by atoms with E-state index in [0.29, 0.717) is 17.8 Å². The molecule has 1 aromatic carbocycles. The SMILES string of the molecule is CS(=O)(=O)Nc1ccc(NC(=O)CC2CCCCC2N)cc1. The molecule has 0 spiro atoms. The van der Waals surface area contributed by atoms with Gasteiger partial charge in [-0.05, 0) is 43.0 Å². The minimum atomic E-state index is -3.29. The predicted molar refractivity (Wildman–Crippen MR) is 88.1 cm³/mol. The van der Waals surface area contributed by atoms with E-state index >= 15 is 0 Å². The molecule has 2 unspecified atom stereocenters. The van der Waals surface area contributed by atoms with Gasteiger partial charge in [0, 0.05) is 23.8 Å². The fraction of sp³-hybridized carbons (Fsp3) is 0.533. The highest BCUT2D eigenvalue weighted by molar-refractivity contribution is 7.92. The highest BCUT2D eigenvalue weighted by atomic mass is 32.2. The van der Waals surface area contributed by atoms with Crippen molar-refractivity contribution in [2.45, 2.75) is 38.1 Å². The van der Waals surface area contributed by atoms with Gasteiger partial charge in [0.05, 0.1) is 6.26 Å². The van der Waals surface area contributed by atoms with Gasteiger partial charge in [-0.2, -0.15) is 0 Å². The molecule has 0 heterocycles. The first-order chi connectivity index (χ1) is 10.3. The maximum Gasteiger partial charge on any atom is 0.229 e. The third-order valence-corrected chi connectivity index (χ3v) is 4.49. The third kappa shape index (κ3) is 5.31. The van der Waals surface area contributed by atoms with Crippen LogP contribution in [0, 0.1) is 5.92 Å². The summed E-state index contributed by atoms with van der Waals surface area (Å²) in [6.45, 7) is 0. The van der Waals surface area contributed by atoms with Crippen molar-refractivity contribution in [2.24, 2.45) is 11.7 Å². The Labute approximate surface area is 131 Å². The van der Waals surface area contributed by atoms with E-state index in [-0.39, 0.29) is 17.9 Å². The Balaban J connectivity index is 1.88. The first kappa shape index (κ1) is 16.8. The molecular weight excluding hydrogens is 302 g/mol. The molecule has 2 rings (SSSR count). The number of amides is 1. The Bertz CT molecular complexity index is 613. The summed E-state index contributed by atoms with van der Waals surface area (Å²) in [6.07, 6.45) is 5.81. The van der Waals surface area contributed by atoms with Crippen LogP contribution in [0.5, 0.6) is 0 Å². The molecule has 2 atom stereocenters. The Hall–Kier alpha value is -1.60. The lowest BCUT2D eigenvalue weighted by Gasteiger charge is -2.27. The number of anilines is 2. The molecule has 1 aromatic rings. The highest BCUT2D eigenvalue weighted by Crippen LogP contribution is 2.26. The van der Waals surface area contributed by atoms with Crippen LogP contribution in [0.4, 0.5) is 11.4 Å². The minimum Gasteiger partial charge on any atom is -0.327 e. The van der Waals surface area contributed by atoms with Gasteiger partial charge in [0.15, 0.2) is 0 Å². The Morgan fingerprint density at radius 3 is 2.36 bits per heavy atom. The number of hydrogen-bond donors (Lipinski definition) is 3. The minimum absolute atomic E-state index is 0.0498. The van der Waals surface area contributed by atoms with Crippen molar-refractivity contribution in [1.82, 2.24) is 0 Å². The van der Waals surface area contributed by atoms with Gasteiger partial charge < -0.3 is 11.1 Å². The average Bonchev–Trinajstić information content (AvgIpc) is 2.42. The van der Waals surface area contributed by atoms with Gasteiger partial charge in [-0.1, -0.05) is 12.8 Å². The number of carbonyl (C=O) groups is 1. The summed E-state index contributed by atoms with van der Waals surface area (Å²) >= 11 is 0. The Morgan fingerprint density at radius 1 is 1.18 bits per heavy atom. The molecule has 122 valence electrons. The fourth-order valence-electron chi connectivity index (χ4n) is 2.78. The molecular formula is C15H23N3O3S. The molecule has 0 bridgehead atoms. The van der Waals surface area contributed by atoms with Crippen LogP contribution in [0.15, 0.2) is 24.3 Å². The van der Waals surface area contributed by atoms with E-state index in [1.807, 2.05) is 0 Å². The van der Waals surface area contributed by atoms with Crippen molar-refractivity contribution in [1.29, 1.82) is 0 Å². The zero-order valence-corrected chi connectivity index (χ0v) is 13.5. The Morgan fingerprint density at radius 2 is 1.77 bits per heavy atom. The number of nitrogens with two attached hydrogens (primary N) is 1. The van der Waals surface area contributed by atoms with Crippen molar-refractivity contribution in [3.8, 4) is 0 Å². The van der Waals surface area contributed by atoms with Crippen LogP contribution < -0.4 is 15.8 Å². The zero-order chi connectivity index (χ0) is 16.2. The van der Waals surface area contributed by atoms with E-state index in [9.17, 15) is 13.2 Å². The summed E-state index contributed by atoms with van der Waals surface area (Å²) in [6, 6.07) is 6.69. The molecule has 0 aliphatic heterocycles. The van der Waals surface area contributed by atoms with Gasteiger partial charge in [0.1, 0.15) is 0 Å². The maximum absolute atomic E-state index is 12.1. The van der Waals surface area contributed by atoms with E-state index in [2.05, 4.69) is 10.0 Å². The number of carbonyl (C=O) groups excluding carboxylic acids is 1. The van der Waals surface area contributed by atoms with Crippen LogP contribution in [-0.4, -0.2) is 26.6 Å². The summed E-state index contributed by atoms with van der Waals surface area (Å²) in [7, 11) is -3.29. The lowest BCUT2D eigenvalue weighted by Crippen LogP contribution is -2.35. The van der Waals surface area contributed by atoms with E-state index in [4.69, 9.17) is 5.73 Å². The normalized spacial score (nSPS) is 22.1. The summed E-state index contributed by atoms with van der Waals surface area (Å²) < 4.78 is 24.6. The summed E-state index contributed by atoms with van der Waals surface area (Å²) in [5.74, 6) is 0.200. The van der Waals surface area contributed by atoms with Crippen molar-refractivity contribution in [2.75, 3.05) is 16.3 Å². The van der Waals surface area contributed by atoms with Crippen molar-refractivity contribution in [3.05, 3.63) is 24.3 Å². The van der Waals surface area contributed by atoms with Crippen molar-refractivity contribution in [3.63, 3.8) is 0 Å². The van der Waals surface area contributed by atoms with Gasteiger partial charge in [-0.3, -0.25) is 9.52 Å². The number of benzene rings is 1. The van der Waals surface area contributed by atoms with Gasteiger partial charge in [0.2, 0.25) is 15.9 Å². The number of rotatable bonds is 5. The lowest BCUT2D eigenvalue weighted by molar-refractivity contribution is -0.117. The van der Waals surface area contributed by atoms with Gasteiger partial charge in [0.25, 0.3) is 0 Å². The van der Waals surface area contributed by atoms with Crippen LogP contribution in [0.25, 0.3) is 0 Å². The molecule has 1 saturated carbocycles. The molecule has 7 heteroatoms.